The van der Waals surface area contributed by atoms with Crippen LogP contribution in [0.5, 0.6) is 0 Å². The maximum absolute atomic E-state index is 11.4. The fraction of sp³-hybridized carbons (Fsp3) is 0.900. The lowest BCUT2D eigenvalue weighted by Crippen LogP contribution is -2.45. The number of nitrogens with one attached hydrogen (secondary N) is 1. The van der Waals surface area contributed by atoms with Gasteiger partial charge in [0.05, 0.1) is 7.11 Å². The molecule has 0 rings (SSSR count). The smallest absolute Gasteiger partial charge is 0.323 e. The third kappa shape index (κ3) is 4.27. The lowest BCUT2D eigenvalue weighted by atomic mass is 9.98. The maximum atomic E-state index is 11.4. The molecule has 0 heterocycles. The largest absolute Gasteiger partial charge is 0.468 e. The van der Waals surface area contributed by atoms with Gasteiger partial charge >= 0.3 is 5.97 Å². The van der Waals surface area contributed by atoms with Gasteiger partial charge in [0.2, 0.25) is 0 Å². The number of ether oxygens (including phenoxy) is 1. The lowest BCUT2D eigenvalue weighted by molar-refractivity contribution is -0.144. The van der Waals surface area contributed by atoms with E-state index in [0.717, 1.165) is 6.42 Å². The highest BCUT2D eigenvalue weighted by Gasteiger charge is 2.24. The van der Waals surface area contributed by atoms with Gasteiger partial charge in [0, 0.05) is 6.04 Å². The van der Waals surface area contributed by atoms with Crippen molar-refractivity contribution >= 4 is 5.97 Å². The summed E-state index contributed by atoms with van der Waals surface area (Å²) in [6.45, 7) is 8.18. The molecule has 0 saturated carbocycles. The number of esters is 1. The molecule has 0 unspecified atom stereocenters. The third-order valence-corrected chi connectivity index (χ3v) is 2.18. The first-order valence-electron chi connectivity index (χ1n) is 4.86. The molecule has 78 valence electrons. The van der Waals surface area contributed by atoms with Gasteiger partial charge < -0.3 is 10.1 Å². The van der Waals surface area contributed by atoms with E-state index in [2.05, 4.69) is 19.2 Å². The van der Waals surface area contributed by atoms with E-state index >= 15 is 0 Å². The van der Waals surface area contributed by atoms with Crippen molar-refractivity contribution in [1.29, 1.82) is 0 Å². The van der Waals surface area contributed by atoms with E-state index < -0.39 is 0 Å². The molecule has 0 fully saturated rings. The molecular weight excluding hydrogens is 166 g/mol. The zero-order valence-electron chi connectivity index (χ0n) is 9.26. The van der Waals surface area contributed by atoms with Gasteiger partial charge in [0.25, 0.3) is 0 Å². The second-order valence-corrected chi connectivity index (χ2v) is 3.71. The van der Waals surface area contributed by atoms with Crippen LogP contribution in [0.1, 0.15) is 34.1 Å². The highest BCUT2D eigenvalue weighted by molar-refractivity contribution is 5.76. The Hall–Kier alpha value is -0.570. The summed E-state index contributed by atoms with van der Waals surface area (Å²) in [6.07, 6.45) is 0.972. The Bertz CT molecular complexity index is 157. The van der Waals surface area contributed by atoms with Crippen LogP contribution in [0.3, 0.4) is 0 Å². The van der Waals surface area contributed by atoms with Crippen molar-refractivity contribution in [2.24, 2.45) is 5.92 Å². The first-order chi connectivity index (χ1) is 6.02. The predicted molar refractivity (Wildman–Crippen MR) is 53.5 cm³/mol. The number of methoxy groups -OCH3 is 1. The Balaban J connectivity index is 4.26. The van der Waals surface area contributed by atoms with Gasteiger partial charge in [-0.15, -0.1) is 0 Å². The minimum atomic E-state index is -0.171. The van der Waals surface area contributed by atoms with Crippen LogP contribution in [-0.2, 0) is 9.53 Å². The number of rotatable bonds is 5. The Morgan fingerprint density at radius 1 is 1.38 bits per heavy atom. The van der Waals surface area contributed by atoms with Crippen molar-refractivity contribution in [2.75, 3.05) is 7.11 Å². The first-order valence-corrected chi connectivity index (χ1v) is 4.86. The van der Waals surface area contributed by atoms with Gasteiger partial charge in [-0.3, -0.25) is 4.79 Å². The summed E-state index contributed by atoms with van der Waals surface area (Å²) in [4.78, 5) is 11.4. The molecule has 0 bridgehead atoms. The van der Waals surface area contributed by atoms with Gasteiger partial charge in [0.15, 0.2) is 0 Å². The van der Waals surface area contributed by atoms with Gasteiger partial charge in [-0.05, 0) is 5.92 Å². The standard InChI is InChI=1S/C10H21NO2/c1-6-8(4)9(10(12)13-5)11-7(2)3/h7-9,11H,6H2,1-5H3/t8-,9-/m0/s1. The van der Waals surface area contributed by atoms with Crippen molar-refractivity contribution in [1.82, 2.24) is 5.32 Å². The molecule has 0 spiro atoms. The fourth-order valence-electron chi connectivity index (χ4n) is 1.19. The van der Waals surface area contributed by atoms with Crippen LogP contribution in [0.4, 0.5) is 0 Å². The number of carbonyl (C=O) groups is 1. The number of hydrogen-bond acceptors (Lipinski definition) is 3. The third-order valence-electron chi connectivity index (χ3n) is 2.18. The van der Waals surface area contributed by atoms with Gasteiger partial charge in [0.1, 0.15) is 6.04 Å². The fourth-order valence-corrected chi connectivity index (χ4v) is 1.19. The van der Waals surface area contributed by atoms with Crippen LogP contribution in [0.15, 0.2) is 0 Å². The van der Waals surface area contributed by atoms with E-state index in [0.29, 0.717) is 12.0 Å². The first kappa shape index (κ1) is 12.4. The maximum Gasteiger partial charge on any atom is 0.323 e. The Morgan fingerprint density at radius 3 is 2.23 bits per heavy atom. The molecule has 0 aliphatic carbocycles. The van der Waals surface area contributed by atoms with Crippen LogP contribution in [-0.4, -0.2) is 25.2 Å². The minimum absolute atomic E-state index is 0.164. The second-order valence-electron chi connectivity index (χ2n) is 3.71. The van der Waals surface area contributed by atoms with Crippen LogP contribution in [0.2, 0.25) is 0 Å². The van der Waals surface area contributed by atoms with Crippen LogP contribution in [0, 0.1) is 5.92 Å². The van der Waals surface area contributed by atoms with E-state index in [1.807, 2.05) is 13.8 Å². The SMILES string of the molecule is CC[C@H](C)[C@H](NC(C)C)C(=O)OC. The Labute approximate surface area is 80.8 Å². The monoisotopic (exact) mass is 187 g/mol. The topological polar surface area (TPSA) is 38.3 Å². The summed E-state index contributed by atoms with van der Waals surface area (Å²) in [5.74, 6) is 0.151. The summed E-state index contributed by atoms with van der Waals surface area (Å²) >= 11 is 0. The molecule has 1 N–H and O–H groups in total. The second kappa shape index (κ2) is 5.97. The molecule has 0 aromatic carbocycles. The number of hydrogen-bond donors (Lipinski definition) is 1. The molecule has 13 heavy (non-hydrogen) atoms. The Morgan fingerprint density at radius 2 is 1.92 bits per heavy atom. The lowest BCUT2D eigenvalue weighted by Gasteiger charge is -2.23. The molecule has 0 aromatic heterocycles. The van der Waals surface area contributed by atoms with Gasteiger partial charge in [-0.2, -0.15) is 0 Å². The molecule has 3 heteroatoms. The van der Waals surface area contributed by atoms with Crippen molar-refractivity contribution in [3.8, 4) is 0 Å². The van der Waals surface area contributed by atoms with Crippen LogP contribution < -0.4 is 5.32 Å². The van der Waals surface area contributed by atoms with Crippen molar-refractivity contribution in [3.05, 3.63) is 0 Å². The van der Waals surface area contributed by atoms with E-state index in [4.69, 9.17) is 4.74 Å². The molecular formula is C10H21NO2. The molecule has 2 atom stereocenters. The molecule has 0 aromatic rings. The minimum Gasteiger partial charge on any atom is -0.468 e. The molecule has 3 nitrogen and oxygen atoms in total. The Kier molecular flexibility index (Phi) is 5.71. The van der Waals surface area contributed by atoms with Gasteiger partial charge in [-0.1, -0.05) is 34.1 Å². The number of carbonyl (C=O) groups excluding carboxylic acids is 1. The van der Waals surface area contributed by atoms with Crippen molar-refractivity contribution in [2.45, 2.75) is 46.2 Å². The van der Waals surface area contributed by atoms with Crippen molar-refractivity contribution < 1.29 is 9.53 Å². The molecule has 0 aliphatic heterocycles. The van der Waals surface area contributed by atoms with Gasteiger partial charge in [-0.25, -0.2) is 0 Å². The summed E-state index contributed by atoms with van der Waals surface area (Å²) in [6, 6.07) is 0.132. The summed E-state index contributed by atoms with van der Waals surface area (Å²) < 4.78 is 4.73. The summed E-state index contributed by atoms with van der Waals surface area (Å²) in [5, 5.41) is 3.21. The highest BCUT2D eigenvalue weighted by atomic mass is 16.5. The molecule has 0 aliphatic rings. The van der Waals surface area contributed by atoms with Crippen molar-refractivity contribution in [3.63, 3.8) is 0 Å². The van der Waals surface area contributed by atoms with E-state index in [1.54, 1.807) is 0 Å². The van der Waals surface area contributed by atoms with E-state index in [-0.39, 0.29) is 12.0 Å². The van der Waals surface area contributed by atoms with E-state index in [1.165, 1.54) is 7.11 Å². The molecule has 0 saturated heterocycles. The zero-order valence-corrected chi connectivity index (χ0v) is 9.26. The van der Waals surface area contributed by atoms with E-state index in [9.17, 15) is 4.79 Å². The van der Waals surface area contributed by atoms with Crippen LogP contribution >= 0.6 is 0 Å². The summed E-state index contributed by atoms with van der Waals surface area (Å²) in [5.41, 5.74) is 0. The molecule has 0 radical (unpaired) electrons. The summed E-state index contributed by atoms with van der Waals surface area (Å²) in [7, 11) is 1.43. The average Bonchev–Trinajstić information content (AvgIpc) is 2.11. The predicted octanol–water partition coefficient (Wildman–Crippen LogP) is 1.57. The quantitative estimate of drug-likeness (QED) is 0.664. The highest BCUT2D eigenvalue weighted by Crippen LogP contribution is 2.09. The molecule has 0 amide bonds. The normalized spacial score (nSPS) is 15.5. The average molecular weight is 187 g/mol. The van der Waals surface area contributed by atoms with Crippen LogP contribution in [0.25, 0.3) is 0 Å². The zero-order chi connectivity index (χ0) is 10.4.